The van der Waals surface area contributed by atoms with Crippen molar-refractivity contribution >= 4 is 0 Å². The van der Waals surface area contributed by atoms with E-state index < -0.39 is 0 Å². The lowest BCUT2D eigenvalue weighted by atomic mass is 9.78. The van der Waals surface area contributed by atoms with Crippen molar-refractivity contribution in [2.24, 2.45) is 11.3 Å². The van der Waals surface area contributed by atoms with Gasteiger partial charge in [0.15, 0.2) is 0 Å². The average molecular weight is 269 g/mol. The van der Waals surface area contributed by atoms with Crippen molar-refractivity contribution in [2.45, 2.75) is 64.7 Å². The molecule has 0 aromatic carbocycles. The van der Waals surface area contributed by atoms with Gasteiger partial charge in [0.25, 0.3) is 0 Å². The van der Waals surface area contributed by atoms with Gasteiger partial charge >= 0.3 is 0 Å². The van der Waals surface area contributed by atoms with E-state index in [1.165, 1.54) is 64.3 Å². The highest BCUT2D eigenvalue weighted by Gasteiger charge is 2.44. The lowest BCUT2D eigenvalue weighted by Gasteiger charge is -2.36. The zero-order valence-corrected chi connectivity index (χ0v) is 13.7. The van der Waals surface area contributed by atoms with E-state index in [2.05, 4.69) is 25.9 Å². The van der Waals surface area contributed by atoms with Crippen LogP contribution in [0, 0.1) is 11.3 Å². The van der Waals surface area contributed by atoms with Crippen molar-refractivity contribution in [1.82, 2.24) is 4.90 Å². The van der Waals surface area contributed by atoms with Crippen molar-refractivity contribution in [3.63, 3.8) is 0 Å². The molecule has 0 aromatic heterocycles. The molecule has 1 fully saturated rings. The van der Waals surface area contributed by atoms with Crippen LogP contribution in [0.1, 0.15) is 64.7 Å². The number of ether oxygens (including phenoxy) is 1. The van der Waals surface area contributed by atoms with E-state index in [0.29, 0.717) is 5.41 Å². The second kappa shape index (κ2) is 8.97. The highest BCUT2D eigenvalue weighted by molar-refractivity contribution is 4.95. The lowest BCUT2D eigenvalue weighted by molar-refractivity contribution is 0.0312. The fourth-order valence-electron chi connectivity index (χ4n) is 3.52. The lowest BCUT2D eigenvalue weighted by Crippen LogP contribution is -2.39. The van der Waals surface area contributed by atoms with Crippen molar-refractivity contribution in [3.8, 4) is 0 Å². The number of nitrogens with zero attached hydrogens (tertiary/aromatic N) is 1. The Morgan fingerprint density at radius 3 is 2.21 bits per heavy atom. The maximum absolute atomic E-state index is 5.58. The molecule has 1 saturated carbocycles. The Morgan fingerprint density at radius 1 is 1.05 bits per heavy atom. The largest absolute Gasteiger partial charge is 0.384 e. The molecule has 2 heteroatoms. The third-order valence-corrected chi connectivity index (χ3v) is 4.53. The van der Waals surface area contributed by atoms with Crippen LogP contribution in [0.15, 0.2) is 0 Å². The summed E-state index contributed by atoms with van der Waals surface area (Å²) in [4.78, 5) is 2.36. The van der Waals surface area contributed by atoms with E-state index in [-0.39, 0.29) is 0 Å². The highest BCUT2D eigenvalue weighted by Crippen LogP contribution is 2.49. The summed E-state index contributed by atoms with van der Waals surface area (Å²) in [7, 11) is 6.27. The highest BCUT2D eigenvalue weighted by atomic mass is 16.5. The van der Waals surface area contributed by atoms with E-state index in [9.17, 15) is 0 Å². The molecular formula is C17H35NO. The van der Waals surface area contributed by atoms with Crippen LogP contribution in [0.4, 0.5) is 0 Å². The van der Waals surface area contributed by atoms with Gasteiger partial charge in [0.2, 0.25) is 0 Å². The van der Waals surface area contributed by atoms with Gasteiger partial charge in [0.1, 0.15) is 0 Å². The third kappa shape index (κ3) is 6.27. The monoisotopic (exact) mass is 269 g/mol. The first-order valence-electron chi connectivity index (χ1n) is 8.28. The van der Waals surface area contributed by atoms with E-state index in [0.717, 1.165) is 12.5 Å². The summed E-state index contributed by atoms with van der Waals surface area (Å²) in [5, 5.41) is 0. The summed E-state index contributed by atoms with van der Waals surface area (Å²) in [6, 6.07) is 0. The Hall–Kier alpha value is -0.0800. The standard InChI is InChI=1S/C17H35NO/c1-5-6-7-8-9-10-13-17(15-19-4,14-18(2)3)16-11-12-16/h16H,5-15H2,1-4H3. The van der Waals surface area contributed by atoms with Crippen LogP contribution in [-0.4, -0.2) is 39.3 Å². The Bertz CT molecular complexity index is 225. The molecule has 1 aliphatic carbocycles. The van der Waals surface area contributed by atoms with Gasteiger partial charge in [0, 0.05) is 19.1 Å². The van der Waals surface area contributed by atoms with Crippen molar-refractivity contribution in [1.29, 1.82) is 0 Å². The molecule has 0 saturated heterocycles. The minimum absolute atomic E-state index is 0.434. The van der Waals surface area contributed by atoms with E-state index >= 15 is 0 Å². The second-order valence-electron chi connectivity index (χ2n) is 6.83. The second-order valence-corrected chi connectivity index (χ2v) is 6.83. The molecule has 1 atom stereocenters. The Kier molecular flexibility index (Phi) is 8.01. The van der Waals surface area contributed by atoms with Gasteiger partial charge in [-0.3, -0.25) is 0 Å². The summed E-state index contributed by atoms with van der Waals surface area (Å²) < 4.78 is 5.58. The molecule has 0 heterocycles. The third-order valence-electron chi connectivity index (χ3n) is 4.53. The van der Waals surface area contributed by atoms with Crippen molar-refractivity contribution < 1.29 is 4.74 Å². The molecule has 2 nitrogen and oxygen atoms in total. The van der Waals surface area contributed by atoms with Gasteiger partial charge in [-0.15, -0.1) is 0 Å². The zero-order valence-electron chi connectivity index (χ0n) is 13.7. The maximum Gasteiger partial charge on any atom is 0.0533 e. The number of unbranched alkanes of at least 4 members (excludes halogenated alkanes) is 5. The molecule has 0 aromatic rings. The van der Waals surface area contributed by atoms with Gasteiger partial charge in [0.05, 0.1) is 6.61 Å². The van der Waals surface area contributed by atoms with E-state index in [1.807, 2.05) is 7.11 Å². The molecule has 1 rings (SSSR count). The van der Waals surface area contributed by atoms with Gasteiger partial charge < -0.3 is 9.64 Å². The molecule has 0 spiro atoms. The topological polar surface area (TPSA) is 12.5 Å². The van der Waals surface area contributed by atoms with Gasteiger partial charge in [-0.2, -0.15) is 0 Å². The molecule has 0 amide bonds. The van der Waals surface area contributed by atoms with Crippen LogP contribution in [0.3, 0.4) is 0 Å². The molecule has 0 bridgehead atoms. The first-order chi connectivity index (χ1) is 9.14. The van der Waals surface area contributed by atoms with Crippen LogP contribution in [-0.2, 0) is 4.74 Å². The van der Waals surface area contributed by atoms with Crippen LogP contribution < -0.4 is 0 Å². The summed E-state index contributed by atoms with van der Waals surface area (Å²) in [5.41, 5.74) is 0.434. The smallest absolute Gasteiger partial charge is 0.0533 e. The van der Waals surface area contributed by atoms with Crippen molar-refractivity contribution in [2.75, 3.05) is 34.4 Å². The first-order valence-corrected chi connectivity index (χ1v) is 8.28. The number of methoxy groups -OCH3 is 1. The first kappa shape index (κ1) is 17.0. The van der Waals surface area contributed by atoms with Gasteiger partial charge in [-0.05, 0) is 39.3 Å². The fourth-order valence-corrected chi connectivity index (χ4v) is 3.52. The predicted molar refractivity (Wildman–Crippen MR) is 83.6 cm³/mol. The zero-order chi connectivity index (χ0) is 14.1. The summed E-state index contributed by atoms with van der Waals surface area (Å²) >= 11 is 0. The molecule has 0 radical (unpaired) electrons. The minimum atomic E-state index is 0.434. The van der Waals surface area contributed by atoms with Gasteiger partial charge in [-0.25, -0.2) is 0 Å². The summed E-state index contributed by atoms with van der Waals surface area (Å²) in [6.07, 6.45) is 12.6. The van der Waals surface area contributed by atoms with Crippen molar-refractivity contribution in [3.05, 3.63) is 0 Å². The average Bonchev–Trinajstić information content (AvgIpc) is 3.17. The van der Waals surface area contributed by atoms with E-state index in [1.54, 1.807) is 0 Å². The molecule has 19 heavy (non-hydrogen) atoms. The minimum Gasteiger partial charge on any atom is -0.384 e. The summed E-state index contributed by atoms with van der Waals surface area (Å²) in [5.74, 6) is 0.922. The van der Waals surface area contributed by atoms with Gasteiger partial charge in [-0.1, -0.05) is 45.4 Å². The van der Waals surface area contributed by atoms with Crippen LogP contribution in [0.2, 0.25) is 0 Å². The number of hydrogen-bond acceptors (Lipinski definition) is 2. The van der Waals surface area contributed by atoms with Crippen LogP contribution in [0.5, 0.6) is 0 Å². The molecule has 1 aliphatic rings. The number of hydrogen-bond donors (Lipinski definition) is 0. The predicted octanol–water partition coefficient (Wildman–Crippen LogP) is 4.34. The number of rotatable bonds is 12. The maximum atomic E-state index is 5.58. The molecule has 0 N–H and O–H groups in total. The molecular weight excluding hydrogens is 234 g/mol. The SMILES string of the molecule is CCCCCCCCC(COC)(CN(C)C)C1CC1. The Morgan fingerprint density at radius 2 is 1.68 bits per heavy atom. The van der Waals surface area contributed by atoms with E-state index in [4.69, 9.17) is 4.74 Å². The molecule has 114 valence electrons. The Labute approximate surface area is 120 Å². The Balaban J connectivity index is 2.35. The normalized spacial score (nSPS) is 18.8. The molecule has 1 unspecified atom stereocenters. The summed E-state index contributed by atoms with van der Waals surface area (Å²) in [6.45, 7) is 4.43. The quantitative estimate of drug-likeness (QED) is 0.489. The molecule has 0 aliphatic heterocycles. The van der Waals surface area contributed by atoms with Crippen LogP contribution in [0.25, 0.3) is 0 Å². The van der Waals surface area contributed by atoms with Crippen LogP contribution >= 0.6 is 0 Å². The fraction of sp³-hybridized carbons (Fsp3) is 1.00.